The maximum absolute atomic E-state index is 13.6. The summed E-state index contributed by atoms with van der Waals surface area (Å²) in [6.45, 7) is 14.8. The molecule has 4 unspecified atom stereocenters. The monoisotopic (exact) mass is 747 g/mol. The number of amides is 2. The predicted octanol–water partition coefficient (Wildman–Crippen LogP) is 9.06. The number of hydrogen-bond donors (Lipinski definition) is 4. The van der Waals surface area contributed by atoms with Crippen molar-refractivity contribution < 1.29 is 19.8 Å². The quantitative estimate of drug-likeness (QED) is 0.199. The Labute approximate surface area is 328 Å². The molecule has 0 aromatic carbocycles. The minimum atomic E-state index is -0.269. The Morgan fingerprint density at radius 1 is 0.481 bits per heavy atom. The van der Waals surface area contributed by atoms with Gasteiger partial charge in [0.15, 0.2) is 0 Å². The van der Waals surface area contributed by atoms with Crippen LogP contribution in [0, 0.1) is 92.7 Å². The first-order chi connectivity index (χ1) is 25.7. The highest BCUT2D eigenvalue weighted by Gasteiger charge is 2.65. The van der Waals surface area contributed by atoms with Crippen LogP contribution in [0.3, 0.4) is 0 Å². The van der Waals surface area contributed by atoms with Gasteiger partial charge in [0.05, 0.1) is 12.2 Å². The van der Waals surface area contributed by atoms with Gasteiger partial charge in [-0.15, -0.1) is 0 Å². The van der Waals surface area contributed by atoms with Crippen molar-refractivity contribution in [2.45, 2.75) is 194 Å². The number of aliphatic hydroxyl groups excluding tert-OH is 2. The molecule has 0 aromatic rings. The van der Waals surface area contributed by atoms with E-state index in [0.717, 1.165) is 64.2 Å². The van der Waals surface area contributed by atoms with Gasteiger partial charge in [0, 0.05) is 24.9 Å². The SMILES string of the molecule is C[C@@H]1CCC(=O)NC2CC[C@@]3(C)C(CC[C@H]4[C@@H]5CC[C@H]([C@H](C)CCC(=O)NC6CC[C@@]7(C)C(CC[C@H]8[C@@H]9CC[C@H]1[C@@]9(C)[C@@H](O)C[C@@H]87)C6)[C@@]5(C)[C@@H](O)C[C@@H]43)C2. The van der Waals surface area contributed by atoms with Crippen LogP contribution in [0.2, 0.25) is 0 Å². The minimum absolute atomic E-state index is 0.0541. The smallest absolute Gasteiger partial charge is 0.220 e. The predicted molar refractivity (Wildman–Crippen MR) is 214 cm³/mol. The fourth-order valence-electron chi connectivity index (χ4n) is 18.3. The van der Waals surface area contributed by atoms with Crippen molar-refractivity contribution in [3.05, 3.63) is 0 Å². The summed E-state index contributed by atoms with van der Waals surface area (Å²) in [6, 6.07) is 0.554. The van der Waals surface area contributed by atoms with Gasteiger partial charge >= 0.3 is 0 Å². The molecule has 0 radical (unpaired) electrons. The lowest BCUT2D eigenvalue weighted by atomic mass is 9.43. The van der Waals surface area contributed by atoms with E-state index in [1.165, 1.54) is 51.4 Å². The average Bonchev–Trinajstić information content (AvgIpc) is 3.69. The van der Waals surface area contributed by atoms with Crippen molar-refractivity contribution in [3.8, 4) is 0 Å². The van der Waals surface area contributed by atoms with E-state index in [0.29, 0.717) is 83.9 Å². The van der Waals surface area contributed by atoms with E-state index in [1.807, 2.05) is 0 Å². The van der Waals surface area contributed by atoms with Gasteiger partial charge in [-0.25, -0.2) is 0 Å². The molecule has 10 bridgehead atoms. The number of rotatable bonds is 0. The van der Waals surface area contributed by atoms with Gasteiger partial charge < -0.3 is 20.8 Å². The number of aliphatic hydroxyl groups is 2. The maximum atomic E-state index is 13.6. The van der Waals surface area contributed by atoms with Crippen molar-refractivity contribution in [1.82, 2.24) is 10.6 Å². The molecular formula is C48H78N2O4. The Hall–Kier alpha value is -1.14. The van der Waals surface area contributed by atoms with Crippen LogP contribution in [0.25, 0.3) is 0 Å². The Balaban J connectivity index is 0.964. The maximum Gasteiger partial charge on any atom is 0.220 e. The molecule has 54 heavy (non-hydrogen) atoms. The number of fused-ring (bicyclic) bond motifs is 2. The van der Waals surface area contributed by atoms with Crippen molar-refractivity contribution in [2.75, 3.05) is 0 Å². The van der Waals surface area contributed by atoms with Gasteiger partial charge in [0.2, 0.25) is 11.8 Å². The van der Waals surface area contributed by atoms with Gasteiger partial charge in [0.25, 0.3) is 0 Å². The van der Waals surface area contributed by atoms with E-state index in [4.69, 9.17) is 0 Å². The van der Waals surface area contributed by atoms with Gasteiger partial charge in [-0.1, -0.05) is 41.5 Å². The van der Waals surface area contributed by atoms with Crippen LogP contribution >= 0.6 is 0 Å². The third-order valence-corrected chi connectivity index (χ3v) is 21.4. The molecule has 6 nitrogen and oxygen atoms in total. The molecule has 0 aromatic heterocycles. The molecule has 8 aliphatic carbocycles. The largest absolute Gasteiger partial charge is 0.393 e. The Bertz CT molecular complexity index is 1350. The minimum Gasteiger partial charge on any atom is -0.393 e. The highest BCUT2D eigenvalue weighted by atomic mass is 16.3. The van der Waals surface area contributed by atoms with Gasteiger partial charge in [0.1, 0.15) is 0 Å². The second kappa shape index (κ2) is 13.7. The zero-order valence-electron chi connectivity index (χ0n) is 35.1. The summed E-state index contributed by atoms with van der Waals surface area (Å²) in [6.07, 6.45) is 20.9. The average molecular weight is 747 g/mol. The highest BCUT2D eigenvalue weighted by molar-refractivity contribution is 5.76. The summed E-state index contributed by atoms with van der Waals surface area (Å²) in [5.41, 5.74) is 0.383. The topological polar surface area (TPSA) is 98.7 Å². The summed E-state index contributed by atoms with van der Waals surface area (Å²) in [4.78, 5) is 27.3. The number of nitrogens with one attached hydrogen (secondary N) is 2. The standard InChI is InChI=1S/C48H78N2O4/c1-27-7-17-43(53)49-31-19-21-46(4)30(23-31)10-12-34-38-16-14-36(48(38,6)42(52)26-40(34)46)28(2)8-18-44(54)50-32-20-22-45(3)29(24-32)9-11-33-37-15-13-35(27)47(37,5)41(51)25-39(33)45/h27-42,51-52H,7-26H2,1-6H3,(H,49,53)(H,50,54)/t27-,28-,29?,30?,31?,32?,33+,34+,35-,36-,37+,38+,39+,40+,41+,42+,45+,46+,47-,48-/m1/s1. The van der Waals surface area contributed by atoms with Gasteiger partial charge in [-0.3, -0.25) is 9.59 Å². The van der Waals surface area contributed by atoms with Crippen LogP contribution < -0.4 is 10.6 Å². The summed E-state index contributed by atoms with van der Waals surface area (Å²) in [5.74, 6) is 7.24. The molecule has 8 saturated carbocycles. The third kappa shape index (κ3) is 5.71. The van der Waals surface area contributed by atoms with E-state index >= 15 is 0 Å². The molecule has 4 saturated heterocycles. The zero-order valence-corrected chi connectivity index (χ0v) is 35.1. The lowest BCUT2D eigenvalue weighted by Gasteiger charge is -2.62. The number of hydrogen-bond acceptors (Lipinski definition) is 4. The van der Waals surface area contributed by atoms with Crippen molar-refractivity contribution >= 4 is 11.8 Å². The fourth-order valence-corrected chi connectivity index (χ4v) is 18.3. The first kappa shape index (κ1) is 38.4. The van der Waals surface area contributed by atoms with Crippen molar-refractivity contribution in [2.24, 2.45) is 92.7 Å². The molecule has 12 fully saturated rings. The fraction of sp³-hybridized carbons (Fsp3) is 0.958. The third-order valence-electron chi connectivity index (χ3n) is 21.4. The lowest BCUT2D eigenvalue weighted by Crippen LogP contribution is -2.59. The van der Waals surface area contributed by atoms with Crippen molar-refractivity contribution in [3.63, 3.8) is 0 Å². The van der Waals surface area contributed by atoms with Crippen molar-refractivity contribution in [1.29, 1.82) is 0 Å². The van der Waals surface area contributed by atoms with E-state index < -0.39 is 0 Å². The Morgan fingerprint density at radius 3 is 1.28 bits per heavy atom. The molecule has 6 heteroatoms. The summed E-state index contributed by atoms with van der Waals surface area (Å²) in [7, 11) is 0. The summed E-state index contributed by atoms with van der Waals surface area (Å²) in [5, 5.41) is 31.5. The molecule has 12 rings (SSSR count). The highest BCUT2D eigenvalue weighted by Crippen LogP contribution is 2.70. The molecule has 2 amide bonds. The molecule has 4 N–H and O–H groups in total. The van der Waals surface area contributed by atoms with Crippen LogP contribution in [-0.4, -0.2) is 46.3 Å². The summed E-state index contributed by atoms with van der Waals surface area (Å²) >= 11 is 0. The van der Waals surface area contributed by atoms with Crippen LogP contribution in [0.4, 0.5) is 0 Å². The molecule has 4 heterocycles. The normalized spacial score (nSPS) is 57.6. The molecular weight excluding hydrogens is 669 g/mol. The number of carbonyl (C=O) groups is 2. The first-order valence-corrected chi connectivity index (χ1v) is 23.6. The Morgan fingerprint density at radius 2 is 0.870 bits per heavy atom. The molecule has 0 spiro atoms. The van der Waals surface area contributed by atoms with E-state index in [1.54, 1.807) is 0 Å². The van der Waals surface area contributed by atoms with Crippen LogP contribution in [0.5, 0.6) is 0 Å². The number of carbonyl (C=O) groups excluding carboxylic acids is 2. The van der Waals surface area contributed by atoms with E-state index in [2.05, 4.69) is 52.2 Å². The molecule has 304 valence electrons. The molecule has 20 atom stereocenters. The van der Waals surface area contributed by atoms with Gasteiger partial charge in [-0.2, -0.15) is 0 Å². The van der Waals surface area contributed by atoms with Crippen LogP contribution in [-0.2, 0) is 9.59 Å². The summed E-state index contributed by atoms with van der Waals surface area (Å²) < 4.78 is 0. The Kier molecular flexibility index (Phi) is 9.76. The van der Waals surface area contributed by atoms with Crippen LogP contribution in [0.15, 0.2) is 0 Å². The second-order valence-electron chi connectivity index (χ2n) is 23.0. The van der Waals surface area contributed by atoms with Crippen LogP contribution in [0.1, 0.15) is 170 Å². The molecule has 12 aliphatic rings. The lowest BCUT2D eigenvalue weighted by molar-refractivity contribution is -0.171. The zero-order chi connectivity index (χ0) is 37.9. The second-order valence-corrected chi connectivity index (χ2v) is 23.0. The first-order valence-electron chi connectivity index (χ1n) is 23.6. The van der Waals surface area contributed by atoms with E-state index in [9.17, 15) is 19.8 Å². The van der Waals surface area contributed by atoms with Gasteiger partial charge in [-0.05, 0) is 208 Å². The van der Waals surface area contributed by atoms with E-state index in [-0.39, 0.29) is 57.8 Å². The molecule has 4 aliphatic heterocycles.